The molecule has 0 aromatic heterocycles. The Morgan fingerprint density at radius 2 is 1.47 bits per heavy atom. The van der Waals surface area contributed by atoms with Gasteiger partial charge in [-0.2, -0.15) is 0 Å². The van der Waals surface area contributed by atoms with Gasteiger partial charge in [-0.05, 0) is 29.5 Å². The molecule has 0 N–H and O–H groups in total. The highest BCUT2D eigenvalue weighted by Crippen LogP contribution is 2.14. The van der Waals surface area contributed by atoms with Gasteiger partial charge < -0.3 is 0 Å². The van der Waals surface area contributed by atoms with Gasteiger partial charge in [-0.3, -0.25) is 0 Å². The molecule has 0 saturated heterocycles. The van der Waals surface area contributed by atoms with E-state index in [0.29, 0.717) is 11.8 Å². The van der Waals surface area contributed by atoms with Crippen LogP contribution < -0.4 is 0 Å². The van der Waals surface area contributed by atoms with E-state index in [-0.39, 0.29) is 0 Å². The third-order valence-electron chi connectivity index (χ3n) is 2.32. The fraction of sp³-hybridized carbons (Fsp3) is 0.529. The summed E-state index contributed by atoms with van der Waals surface area (Å²) in [7, 11) is 0. The first kappa shape index (κ1) is 15.8. The fourth-order valence-electron chi connectivity index (χ4n) is 1.31. The molecule has 0 aliphatic rings. The maximum Gasteiger partial charge on any atom is 0.0245 e. The summed E-state index contributed by atoms with van der Waals surface area (Å²) in [5.41, 5.74) is 2.50. The fourth-order valence-corrected chi connectivity index (χ4v) is 1.31. The Bertz CT molecular complexity index is 344. The first-order chi connectivity index (χ1) is 8.09. The van der Waals surface area contributed by atoms with Gasteiger partial charge in [0, 0.05) is 12.0 Å². The van der Waals surface area contributed by atoms with Gasteiger partial charge >= 0.3 is 0 Å². The molecule has 0 saturated carbocycles. The van der Waals surface area contributed by atoms with Gasteiger partial charge in [0.1, 0.15) is 0 Å². The third-order valence-corrected chi connectivity index (χ3v) is 2.32. The summed E-state index contributed by atoms with van der Waals surface area (Å²) in [5.74, 6) is 7.65. The van der Waals surface area contributed by atoms with Gasteiger partial charge in [0.2, 0.25) is 0 Å². The van der Waals surface area contributed by atoms with E-state index in [0.717, 1.165) is 12.0 Å². The summed E-state index contributed by atoms with van der Waals surface area (Å²) in [5, 5.41) is 0. The van der Waals surface area contributed by atoms with Gasteiger partial charge in [-0.25, -0.2) is 0 Å². The van der Waals surface area contributed by atoms with E-state index < -0.39 is 0 Å². The number of hydrogen-bond acceptors (Lipinski definition) is 0. The molecule has 0 radical (unpaired) electrons. The quantitative estimate of drug-likeness (QED) is 0.610. The highest BCUT2D eigenvalue weighted by Gasteiger charge is 1.96. The van der Waals surface area contributed by atoms with Gasteiger partial charge in [-0.15, -0.1) is 0 Å². The summed E-state index contributed by atoms with van der Waals surface area (Å²) in [6.45, 7) is 12.8. The Balaban J connectivity index is 0.00000121. The molecule has 0 atom stereocenters. The molecule has 94 valence electrons. The van der Waals surface area contributed by atoms with Crippen LogP contribution in [0, 0.1) is 17.8 Å². The predicted molar refractivity (Wildman–Crippen MR) is 78.2 cm³/mol. The van der Waals surface area contributed by atoms with Crippen molar-refractivity contribution in [2.45, 2.75) is 53.9 Å². The SMILES string of the molecule is CC.CC(C)CC#Cc1ccc(C(C)C)cc1. The Labute approximate surface area is 107 Å². The molecule has 0 unspecified atom stereocenters. The molecule has 0 fully saturated rings. The summed E-state index contributed by atoms with van der Waals surface area (Å²) in [6.07, 6.45) is 0.978. The van der Waals surface area contributed by atoms with Crippen LogP contribution in [0.4, 0.5) is 0 Å². The van der Waals surface area contributed by atoms with Crippen molar-refractivity contribution in [2.75, 3.05) is 0 Å². The first-order valence-electron chi connectivity index (χ1n) is 6.68. The number of benzene rings is 1. The molecule has 17 heavy (non-hydrogen) atoms. The number of hydrogen-bond donors (Lipinski definition) is 0. The molecule has 0 aliphatic carbocycles. The normalized spacial score (nSPS) is 9.41. The van der Waals surface area contributed by atoms with Crippen LogP contribution in [0.3, 0.4) is 0 Å². The Morgan fingerprint density at radius 3 is 1.88 bits per heavy atom. The van der Waals surface area contributed by atoms with E-state index in [1.165, 1.54) is 5.56 Å². The molecule has 0 spiro atoms. The van der Waals surface area contributed by atoms with Crippen molar-refractivity contribution in [2.24, 2.45) is 5.92 Å². The molecule has 0 aliphatic heterocycles. The largest absolute Gasteiger partial charge is 0.0976 e. The van der Waals surface area contributed by atoms with Crippen LogP contribution in [0.15, 0.2) is 24.3 Å². The Kier molecular flexibility index (Phi) is 8.24. The van der Waals surface area contributed by atoms with Crippen molar-refractivity contribution in [1.29, 1.82) is 0 Å². The van der Waals surface area contributed by atoms with Crippen LogP contribution in [0.1, 0.15) is 65.0 Å². The maximum atomic E-state index is 3.20. The zero-order chi connectivity index (χ0) is 13.3. The van der Waals surface area contributed by atoms with Gasteiger partial charge in [0.25, 0.3) is 0 Å². The van der Waals surface area contributed by atoms with Crippen molar-refractivity contribution < 1.29 is 0 Å². The van der Waals surface area contributed by atoms with Gasteiger partial charge in [-0.1, -0.05) is 65.5 Å². The van der Waals surface area contributed by atoms with E-state index in [1.54, 1.807) is 0 Å². The summed E-state index contributed by atoms with van der Waals surface area (Å²) >= 11 is 0. The Hall–Kier alpha value is -1.22. The molecular weight excluding hydrogens is 204 g/mol. The monoisotopic (exact) mass is 230 g/mol. The topological polar surface area (TPSA) is 0 Å². The molecule has 0 amide bonds. The average molecular weight is 230 g/mol. The molecule has 0 heterocycles. The zero-order valence-corrected chi connectivity index (χ0v) is 12.2. The van der Waals surface area contributed by atoms with Crippen molar-refractivity contribution in [3.63, 3.8) is 0 Å². The molecule has 1 rings (SSSR count). The lowest BCUT2D eigenvalue weighted by Crippen LogP contribution is -1.86. The van der Waals surface area contributed by atoms with E-state index in [4.69, 9.17) is 0 Å². The third kappa shape index (κ3) is 6.84. The van der Waals surface area contributed by atoms with Crippen molar-refractivity contribution in [1.82, 2.24) is 0 Å². The highest BCUT2D eigenvalue weighted by molar-refractivity contribution is 5.36. The van der Waals surface area contributed by atoms with Crippen LogP contribution in [0.5, 0.6) is 0 Å². The van der Waals surface area contributed by atoms with Crippen molar-refractivity contribution in [3.8, 4) is 11.8 Å². The predicted octanol–water partition coefficient (Wildman–Crippen LogP) is 5.23. The molecular formula is C17H26. The number of rotatable bonds is 2. The molecule has 0 nitrogen and oxygen atoms in total. The summed E-state index contributed by atoms with van der Waals surface area (Å²) in [4.78, 5) is 0. The second-order valence-corrected chi connectivity index (χ2v) is 4.68. The van der Waals surface area contributed by atoms with Crippen LogP contribution >= 0.6 is 0 Å². The second kappa shape index (κ2) is 8.88. The summed E-state index contributed by atoms with van der Waals surface area (Å²) in [6, 6.07) is 8.57. The maximum absolute atomic E-state index is 3.20. The van der Waals surface area contributed by atoms with Crippen molar-refractivity contribution >= 4 is 0 Å². The minimum atomic E-state index is 0.600. The lowest BCUT2D eigenvalue weighted by Gasteiger charge is -2.03. The lowest BCUT2D eigenvalue weighted by molar-refractivity contribution is 0.676. The van der Waals surface area contributed by atoms with E-state index in [2.05, 4.69) is 63.8 Å². The van der Waals surface area contributed by atoms with Crippen LogP contribution in [0.2, 0.25) is 0 Å². The smallest absolute Gasteiger partial charge is 0.0245 e. The minimum Gasteiger partial charge on any atom is -0.0976 e. The van der Waals surface area contributed by atoms with E-state index in [1.807, 2.05) is 13.8 Å². The lowest BCUT2D eigenvalue weighted by atomic mass is 10.0. The highest BCUT2D eigenvalue weighted by atomic mass is 14.0. The standard InChI is InChI=1S/C15H20.C2H6/c1-12(2)6-5-7-14-8-10-15(11-9-14)13(3)4;1-2/h8-13H,6H2,1-4H3;1-2H3. The van der Waals surface area contributed by atoms with Crippen LogP contribution in [-0.4, -0.2) is 0 Å². The molecule has 1 aromatic carbocycles. The molecule has 0 bridgehead atoms. The van der Waals surface area contributed by atoms with Gasteiger partial charge in [0.05, 0.1) is 0 Å². The van der Waals surface area contributed by atoms with Gasteiger partial charge in [0.15, 0.2) is 0 Å². The zero-order valence-electron chi connectivity index (χ0n) is 12.2. The molecule has 0 heteroatoms. The van der Waals surface area contributed by atoms with Crippen molar-refractivity contribution in [3.05, 3.63) is 35.4 Å². The minimum absolute atomic E-state index is 0.600. The summed E-state index contributed by atoms with van der Waals surface area (Å²) < 4.78 is 0. The van der Waals surface area contributed by atoms with E-state index >= 15 is 0 Å². The van der Waals surface area contributed by atoms with Crippen LogP contribution in [0.25, 0.3) is 0 Å². The second-order valence-electron chi connectivity index (χ2n) is 4.68. The molecule has 1 aromatic rings. The first-order valence-corrected chi connectivity index (χ1v) is 6.68. The van der Waals surface area contributed by atoms with E-state index in [9.17, 15) is 0 Å². The average Bonchev–Trinajstić information content (AvgIpc) is 2.32. The Morgan fingerprint density at radius 1 is 0.941 bits per heavy atom. The van der Waals surface area contributed by atoms with Crippen LogP contribution in [-0.2, 0) is 0 Å².